The number of nitrogens with two attached hydrogens (primary N) is 1. The fraction of sp³-hybridized carbons (Fsp3) is 0.0385. The number of anilines is 1. The van der Waals surface area contributed by atoms with Crippen molar-refractivity contribution in [2.24, 2.45) is 0 Å². The van der Waals surface area contributed by atoms with E-state index in [4.69, 9.17) is 5.73 Å². The van der Waals surface area contributed by atoms with E-state index in [9.17, 15) is 4.79 Å². The summed E-state index contributed by atoms with van der Waals surface area (Å²) in [5, 5.41) is 9.85. The molecule has 6 aromatic rings. The fourth-order valence-corrected chi connectivity index (χ4v) is 5.12. The highest BCUT2D eigenvalue weighted by atomic mass is 32.1. The Morgan fingerprint density at radius 1 is 0.939 bits per heavy atom. The van der Waals surface area contributed by atoms with Crippen molar-refractivity contribution in [3.8, 4) is 33.0 Å². The van der Waals surface area contributed by atoms with Crippen LogP contribution in [0.25, 0.3) is 54.8 Å². The number of fused-ring (bicyclic) bond motifs is 2. The first-order chi connectivity index (χ1) is 16.1. The number of Topliss-reactive ketones (excluding diaryl/α,β-unsaturated/α-hetero) is 1. The summed E-state index contributed by atoms with van der Waals surface area (Å²) < 4.78 is 0. The summed E-state index contributed by atoms with van der Waals surface area (Å²) >= 11 is 1.52. The van der Waals surface area contributed by atoms with E-state index < -0.39 is 0 Å². The third-order valence-corrected chi connectivity index (χ3v) is 7.01. The Kier molecular flexibility index (Phi) is 4.38. The number of pyridine rings is 1. The second-order valence-corrected chi connectivity index (χ2v) is 9.09. The Morgan fingerprint density at radius 2 is 1.85 bits per heavy atom. The molecule has 2 aromatic carbocycles. The highest BCUT2D eigenvalue weighted by Crippen LogP contribution is 2.37. The van der Waals surface area contributed by atoms with Crippen LogP contribution in [0.3, 0.4) is 0 Å². The summed E-state index contributed by atoms with van der Waals surface area (Å²) in [5.74, 6) is 0.0855. The number of aromatic amines is 2. The maximum absolute atomic E-state index is 11.8. The minimum atomic E-state index is 0.0855. The molecule has 7 heteroatoms. The second-order valence-electron chi connectivity index (χ2n) is 8.01. The molecular formula is C26H19N5OS. The first kappa shape index (κ1) is 19.5. The van der Waals surface area contributed by atoms with Crippen molar-refractivity contribution in [1.82, 2.24) is 20.2 Å². The molecule has 0 saturated heterocycles. The number of hydrogen-bond donors (Lipinski definition) is 3. The van der Waals surface area contributed by atoms with Crippen LogP contribution in [0.2, 0.25) is 0 Å². The smallest absolute Gasteiger partial charge is 0.169 e. The summed E-state index contributed by atoms with van der Waals surface area (Å²) in [4.78, 5) is 21.3. The van der Waals surface area contributed by atoms with Gasteiger partial charge in [0.1, 0.15) is 5.69 Å². The molecule has 0 unspecified atom stereocenters. The van der Waals surface area contributed by atoms with Gasteiger partial charge in [-0.15, -0.1) is 11.3 Å². The molecule has 0 aliphatic heterocycles. The van der Waals surface area contributed by atoms with E-state index >= 15 is 0 Å². The van der Waals surface area contributed by atoms with Gasteiger partial charge in [-0.2, -0.15) is 5.10 Å². The minimum absolute atomic E-state index is 0.0855. The van der Waals surface area contributed by atoms with Crippen LogP contribution in [0, 0.1) is 0 Å². The number of nitrogens with one attached hydrogen (secondary N) is 2. The number of H-pyrrole nitrogens is 2. The predicted octanol–water partition coefficient (Wildman–Crippen LogP) is 6.29. The molecule has 0 spiro atoms. The topological polar surface area (TPSA) is 100 Å². The molecule has 0 bridgehead atoms. The van der Waals surface area contributed by atoms with Crippen molar-refractivity contribution in [2.45, 2.75) is 6.92 Å². The molecule has 0 amide bonds. The number of benzene rings is 2. The summed E-state index contributed by atoms with van der Waals surface area (Å²) in [5.41, 5.74) is 13.4. The van der Waals surface area contributed by atoms with Gasteiger partial charge in [0.2, 0.25) is 0 Å². The molecule has 6 nitrogen and oxygen atoms in total. The van der Waals surface area contributed by atoms with Gasteiger partial charge in [-0.1, -0.05) is 18.2 Å². The van der Waals surface area contributed by atoms with Crippen LogP contribution in [-0.2, 0) is 0 Å². The van der Waals surface area contributed by atoms with Crippen LogP contribution < -0.4 is 5.73 Å². The number of nitrogen functional groups attached to an aromatic ring is 1. The van der Waals surface area contributed by atoms with Crippen LogP contribution in [0.5, 0.6) is 0 Å². The Balaban J connectivity index is 1.48. The van der Waals surface area contributed by atoms with Crippen molar-refractivity contribution in [3.63, 3.8) is 0 Å². The lowest BCUT2D eigenvalue weighted by atomic mass is 10.0. The van der Waals surface area contributed by atoms with Gasteiger partial charge in [-0.25, -0.2) is 0 Å². The average Bonchev–Trinajstić information content (AvgIpc) is 3.55. The number of aromatic nitrogens is 4. The SMILES string of the molecule is CC(=O)c1ccc(-c2cccc3[nH]c(-c4n[nH]c5ccc(-c6cncc(N)c6)cc45)cc23)s1. The molecule has 6 rings (SSSR count). The molecule has 160 valence electrons. The van der Waals surface area contributed by atoms with Crippen molar-refractivity contribution in [1.29, 1.82) is 0 Å². The first-order valence-corrected chi connectivity index (χ1v) is 11.3. The van der Waals surface area contributed by atoms with Crippen molar-refractivity contribution in [2.75, 3.05) is 5.73 Å². The highest BCUT2D eigenvalue weighted by molar-refractivity contribution is 7.17. The molecule has 0 aliphatic carbocycles. The number of carbonyl (C=O) groups excluding carboxylic acids is 1. The summed E-state index contributed by atoms with van der Waals surface area (Å²) in [6, 6.07) is 20.3. The van der Waals surface area contributed by atoms with Gasteiger partial charge in [0.05, 0.1) is 21.8 Å². The third kappa shape index (κ3) is 3.30. The molecule has 0 atom stereocenters. The van der Waals surface area contributed by atoms with E-state index in [0.717, 1.165) is 59.6 Å². The van der Waals surface area contributed by atoms with Crippen molar-refractivity contribution in [3.05, 3.63) is 77.9 Å². The van der Waals surface area contributed by atoms with Gasteiger partial charge >= 0.3 is 0 Å². The average molecular weight is 450 g/mol. The molecule has 0 fully saturated rings. The molecular weight excluding hydrogens is 430 g/mol. The zero-order valence-corrected chi connectivity index (χ0v) is 18.5. The Labute approximate surface area is 193 Å². The molecule has 0 saturated carbocycles. The lowest BCUT2D eigenvalue weighted by Gasteiger charge is -2.03. The summed E-state index contributed by atoms with van der Waals surface area (Å²) in [6.07, 6.45) is 3.45. The predicted molar refractivity (Wildman–Crippen MR) is 134 cm³/mol. The van der Waals surface area contributed by atoms with Crippen molar-refractivity contribution >= 4 is 44.6 Å². The number of rotatable bonds is 4. The van der Waals surface area contributed by atoms with Crippen LogP contribution in [0.15, 0.2) is 73.1 Å². The summed E-state index contributed by atoms with van der Waals surface area (Å²) in [7, 11) is 0. The molecule has 33 heavy (non-hydrogen) atoms. The fourth-order valence-electron chi connectivity index (χ4n) is 4.18. The van der Waals surface area contributed by atoms with Crippen LogP contribution >= 0.6 is 11.3 Å². The van der Waals surface area contributed by atoms with Gasteiger partial charge in [0.25, 0.3) is 0 Å². The van der Waals surface area contributed by atoms with E-state index in [1.54, 1.807) is 13.1 Å². The van der Waals surface area contributed by atoms with Crippen molar-refractivity contribution < 1.29 is 4.79 Å². The molecule has 0 radical (unpaired) electrons. The van der Waals surface area contributed by atoms with Gasteiger partial charge in [0, 0.05) is 44.7 Å². The standard InChI is InChI=1S/C26H19N5OS/c1-14(32)24-7-8-25(33-24)18-3-2-4-21-19(18)11-23(29-21)26-20-10-15(5-6-22(20)30-31-26)16-9-17(27)13-28-12-16/h2-13,29H,27H2,1H3,(H,30,31). The number of thiophene rings is 1. The van der Waals surface area contributed by atoms with E-state index in [2.05, 4.69) is 44.4 Å². The first-order valence-electron chi connectivity index (χ1n) is 10.5. The van der Waals surface area contributed by atoms with Gasteiger partial charge < -0.3 is 10.7 Å². The Morgan fingerprint density at radius 3 is 2.67 bits per heavy atom. The zero-order chi connectivity index (χ0) is 22.5. The van der Waals surface area contributed by atoms with Crippen LogP contribution in [0.4, 0.5) is 5.69 Å². The number of ketones is 1. The lowest BCUT2D eigenvalue weighted by molar-refractivity contribution is 0.102. The molecule has 4 N–H and O–H groups in total. The maximum atomic E-state index is 11.8. The Bertz CT molecular complexity index is 1670. The third-order valence-electron chi connectivity index (χ3n) is 5.79. The van der Waals surface area contributed by atoms with E-state index in [1.807, 2.05) is 42.6 Å². The maximum Gasteiger partial charge on any atom is 0.169 e. The van der Waals surface area contributed by atoms with E-state index in [1.165, 1.54) is 11.3 Å². The molecule has 4 aromatic heterocycles. The minimum Gasteiger partial charge on any atom is -0.397 e. The number of nitrogens with zero attached hydrogens (tertiary/aromatic N) is 2. The van der Waals surface area contributed by atoms with Gasteiger partial charge in [-0.3, -0.25) is 14.9 Å². The molecule has 0 aliphatic rings. The largest absolute Gasteiger partial charge is 0.397 e. The van der Waals surface area contributed by atoms with E-state index in [0.29, 0.717) is 5.69 Å². The Hall–Kier alpha value is -4.23. The van der Waals surface area contributed by atoms with Crippen LogP contribution in [0.1, 0.15) is 16.6 Å². The second kappa shape index (κ2) is 7.43. The highest BCUT2D eigenvalue weighted by Gasteiger charge is 2.15. The van der Waals surface area contributed by atoms with Gasteiger partial charge in [-0.05, 0) is 55.0 Å². The summed E-state index contributed by atoms with van der Waals surface area (Å²) in [6.45, 7) is 1.60. The number of hydrogen-bond acceptors (Lipinski definition) is 5. The molecule has 4 heterocycles. The quantitative estimate of drug-likeness (QED) is 0.275. The normalized spacial score (nSPS) is 11.4. The van der Waals surface area contributed by atoms with E-state index in [-0.39, 0.29) is 5.78 Å². The van der Waals surface area contributed by atoms with Gasteiger partial charge in [0.15, 0.2) is 5.78 Å². The van der Waals surface area contributed by atoms with Crippen LogP contribution in [-0.4, -0.2) is 25.9 Å². The number of carbonyl (C=O) groups is 1. The zero-order valence-electron chi connectivity index (χ0n) is 17.7. The monoisotopic (exact) mass is 449 g/mol. The lowest BCUT2D eigenvalue weighted by Crippen LogP contribution is -1.87.